The highest BCUT2D eigenvalue weighted by molar-refractivity contribution is 5.98. The van der Waals surface area contributed by atoms with Crippen molar-refractivity contribution in [2.75, 3.05) is 18.4 Å². The van der Waals surface area contributed by atoms with Crippen molar-refractivity contribution in [1.29, 1.82) is 0 Å². The average molecular weight is 328 g/mol. The molecule has 1 aliphatic rings. The maximum Gasteiger partial charge on any atom is 0.259 e. The second-order valence-corrected chi connectivity index (χ2v) is 5.86. The van der Waals surface area contributed by atoms with E-state index in [1.807, 2.05) is 13.0 Å². The van der Waals surface area contributed by atoms with Gasteiger partial charge in [-0.05, 0) is 31.9 Å². The van der Waals surface area contributed by atoms with Gasteiger partial charge in [0.1, 0.15) is 17.1 Å². The highest BCUT2D eigenvalue weighted by Gasteiger charge is 2.34. The van der Waals surface area contributed by atoms with E-state index in [1.165, 1.54) is 0 Å². The summed E-state index contributed by atoms with van der Waals surface area (Å²) in [6.07, 6.45) is 2.90. The molecule has 1 saturated heterocycles. The Bertz CT molecular complexity index is 742. The first kappa shape index (κ1) is 16.2. The van der Waals surface area contributed by atoms with E-state index in [0.29, 0.717) is 48.8 Å². The zero-order chi connectivity index (χ0) is 17.1. The molecule has 2 amide bonds. The standard InChI is InChI=1S/C17H20N4O3/c1-3-13-15(11(2)24-20-13)17(23)21-9-7-12(10-21)16(22)19-14-6-4-5-8-18-14/h4-6,8,12H,3,7,9-10H2,1-2H3,(H,18,19,22)/t12-/m1/s1. The van der Waals surface area contributed by atoms with Crippen LogP contribution in [0.5, 0.6) is 0 Å². The fraction of sp³-hybridized carbons (Fsp3) is 0.412. The van der Waals surface area contributed by atoms with Crippen LogP contribution in [0.3, 0.4) is 0 Å². The number of carbonyl (C=O) groups is 2. The van der Waals surface area contributed by atoms with Crippen molar-refractivity contribution >= 4 is 17.6 Å². The maximum absolute atomic E-state index is 12.7. The zero-order valence-corrected chi connectivity index (χ0v) is 13.8. The van der Waals surface area contributed by atoms with E-state index in [9.17, 15) is 9.59 Å². The van der Waals surface area contributed by atoms with Crippen molar-refractivity contribution in [3.05, 3.63) is 41.4 Å². The number of pyridine rings is 1. The van der Waals surface area contributed by atoms with Crippen LogP contribution in [-0.2, 0) is 11.2 Å². The van der Waals surface area contributed by atoms with Gasteiger partial charge in [0.15, 0.2) is 0 Å². The van der Waals surface area contributed by atoms with E-state index in [2.05, 4.69) is 15.5 Å². The molecule has 0 bridgehead atoms. The lowest BCUT2D eigenvalue weighted by atomic mass is 10.1. The summed E-state index contributed by atoms with van der Waals surface area (Å²) in [4.78, 5) is 30.8. The number of carbonyl (C=O) groups excluding carboxylic acids is 2. The second-order valence-electron chi connectivity index (χ2n) is 5.86. The van der Waals surface area contributed by atoms with Crippen LogP contribution in [0.15, 0.2) is 28.9 Å². The predicted octanol–water partition coefficient (Wildman–Crippen LogP) is 2.04. The Kier molecular flexibility index (Phi) is 4.59. The molecule has 0 unspecified atom stereocenters. The third-order valence-electron chi connectivity index (χ3n) is 4.24. The zero-order valence-electron chi connectivity index (χ0n) is 13.8. The number of nitrogens with one attached hydrogen (secondary N) is 1. The quantitative estimate of drug-likeness (QED) is 0.928. The van der Waals surface area contributed by atoms with Crippen LogP contribution in [0.4, 0.5) is 5.82 Å². The molecule has 1 N–H and O–H groups in total. The third-order valence-corrected chi connectivity index (χ3v) is 4.24. The first-order chi connectivity index (χ1) is 11.6. The van der Waals surface area contributed by atoms with Crippen LogP contribution < -0.4 is 5.32 Å². The molecule has 1 atom stereocenters. The van der Waals surface area contributed by atoms with Gasteiger partial charge in [0.2, 0.25) is 5.91 Å². The summed E-state index contributed by atoms with van der Waals surface area (Å²) in [6.45, 7) is 4.61. The van der Waals surface area contributed by atoms with Crippen molar-refractivity contribution in [3.8, 4) is 0 Å². The van der Waals surface area contributed by atoms with Crippen LogP contribution in [0.2, 0.25) is 0 Å². The molecule has 7 heteroatoms. The molecule has 1 fully saturated rings. The summed E-state index contributed by atoms with van der Waals surface area (Å²) in [6, 6.07) is 5.34. The monoisotopic (exact) mass is 328 g/mol. The summed E-state index contributed by atoms with van der Waals surface area (Å²) < 4.78 is 5.14. The number of aromatic nitrogens is 2. The molecule has 0 aliphatic carbocycles. The molecule has 0 saturated carbocycles. The average Bonchev–Trinajstić information content (AvgIpc) is 3.22. The van der Waals surface area contributed by atoms with E-state index < -0.39 is 0 Å². The molecule has 3 rings (SSSR count). The van der Waals surface area contributed by atoms with Crippen LogP contribution in [0, 0.1) is 12.8 Å². The number of anilines is 1. The Labute approximate surface area is 140 Å². The first-order valence-corrected chi connectivity index (χ1v) is 8.06. The molecule has 3 heterocycles. The molecule has 0 radical (unpaired) electrons. The normalized spacial score (nSPS) is 17.1. The molecule has 0 aromatic carbocycles. The number of hydrogen-bond donors (Lipinski definition) is 1. The van der Waals surface area contributed by atoms with Gasteiger partial charge in [0.25, 0.3) is 5.91 Å². The lowest BCUT2D eigenvalue weighted by molar-refractivity contribution is -0.119. The van der Waals surface area contributed by atoms with Gasteiger partial charge in [-0.15, -0.1) is 0 Å². The third kappa shape index (κ3) is 3.15. The van der Waals surface area contributed by atoms with Crippen molar-refractivity contribution < 1.29 is 14.1 Å². The van der Waals surface area contributed by atoms with Gasteiger partial charge >= 0.3 is 0 Å². The molecular weight excluding hydrogens is 308 g/mol. The first-order valence-electron chi connectivity index (χ1n) is 8.06. The van der Waals surface area contributed by atoms with Crippen molar-refractivity contribution in [1.82, 2.24) is 15.0 Å². The number of amides is 2. The largest absolute Gasteiger partial charge is 0.361 e. The molecule has 0 spiro atoms. The minimum atomic E-state index is -0.235. The van der Waals surface area contributed by atoms with E-state index in [4.69, 9.17) is 4.52 Å². The molecule has 24 heavy (non-hydrogen) atoms. The molecule has 2 aromatic heterocycles. The maximum atomic E-state index is 12.7. The van der Waals surface area contributed by atoms with Crippen LogP contribution >= 0.6 is 0 Å². The number of aryl methyl sites for hydroxylation is 2. The number of nitrogens with zero attached hydrogens (tertiary/aromatic N) is 3. The van der Waals surface area contributed by atoms with E-state index in [0.717, 1.165) is 0 Å². The minimum Gasteiger partial charge on any atom is -0.361 e. The Morgan fingerprint density at radius 2 is 2.25 bits per heavy atom. The van der Waals surface area contributed by atoms with Gasteiger partial charge in [-0.25, -0.2) is 4.98 Å². The van der Waals surface area contributed by atoms with E-state index >= 15 is 0 Å². The Morgan fingerprint density at radius 1 is 1.42 bits per heavy atom. The van der Waals surface area contributed by atoms with E-state index in [-0.39, 0.29) is 17.7 Å². The summed E-state index contributed by atoms with van der Waals surface area (Å²) >= 11 is 0. The van der Waals surface area contributed by atoms with Crippen molar-refractivity contribution in [2.45, 2.75) is 26.7 Å². The lowest BCUT2D eigenvalue weighted by Gasteiger charge is -2.16. The lowest BCUT2D eigenvalue weighted by Crippen LogP contribution is -2.32. The molecular formula is C17H20N4O3. The molecule has 1 aliphatic heterocycles. The van der Waals surface area contributed by atoms with Crippen LogP contribution in [0.1, 0.15) is 35.2 Å². The summed E-state index contributed by atoms with van der Waals surface area (Å²) in [5.41, 5.74) is 1.20. The van der Waals surface area contributed by atoms with Crippen molar-refractivity contribution in [2.24, 2.45) is 5.92 Å². The Hall–Kier alpha value is -2.70. The summed E-state index contributed by atoms with van der Waals surface area (Å²) in [5.74, 6) is 0.593. The molecule has 126 valence electrons. The van der Waals surface area contributed by atoms with Gasteiger partial charge in [0.05, 0.1) is 11.6 Å². The fourth-order valence-electron chi connectivity index (χ4n) is 2.92. The second kappa shape index (κ2) is 6.82. The molecule has 2 aromatic rings. The van der Waals surface area contributed by atoms with Crippen molar-refractivity contribution in [3.63, 3.8) is 0 Å². The van der Waals surface area contributed by atoms with Gasteiger partial charge in [0, 0.05) is 19.3 Å². The smallest absolute Gasteiger partial charge is 0.259 e. The topological polar surface area (TPSA) is 88.3 Å². The highest BCUT2D eigenvalue weighted by atomic mass is 16.5. The number of likely N-dealkylation sites (tertiary alicyclic amines) is 1. The number of hydrogen-bond acceptors (Lipinski definition) is 5. The van der Waals surface area contributed by atoms with Gasteiger partial charge in [-0.3, -0.25) is 9.59 Å². The van der Waals surface area contributed by atoms with Gasteiger partial charge in [-0.2, -0.15) is 0 Å². The molecule has 7 nitrogen and oxygen atoms in total. The minimum absolute atomic E-state index is 0.109. The van der Waals surface area contributed by atoms with Gasteiger partial charge < -0.3 is 14.7 Å². The van der Waals surface area contributed by atoms with Gasteiger partial charge in [-0.1, -0.05) is 18.1 Å². The summed E-state index contributed by atoms with van der Waals surface area (Å²) in [5, 5.41) is 6.72. The summed E-state index contributed by atoms with van der Waals surface area (Å²) in [7, 11) is 0. The number of rotatable bonds is 4. The van der Waals surface area contributed by atoms with E-state index in [1.54, 1.807) is 30.2 Å². The van der Waals surface area contributed by atoms with Crippen LogP contribution in [-0.4, -0.2) is 39.9 Å². The van der Waals surface area contributed by atoms with Crippen LogP contribution in [0.25, 0.3) is 0 Å². The predicted molar refractivity (Wildman–Crippen MR) is 87.5 cm³/mol. The highest BCUT2D eigenvalue weighted by Crippen LogP contribution is 2.23. The Balaban J connectivity index is 1.65. The SMILES string of the molecule is CCc1noc(C)c1C(=O)N1CC[C@@H](C(=O)Nc2ccccn2)C1. The Morgan fingerprint density at radius 3 is 2.96 bits per heavy atom. The fourth-order valence-corrected chi connectivity index (χ4v) is 2.92.